The summed E-state index contributed by atoms with van der Waals surface area (Å²) < 4.78 is 13.1. The van der Waals surface area contributed by atoms with Crippen molar-refractivity contribution in [3.05, 3.63) is 60.2 Å². The van der Waals surface area contributed by atoms with Crippen LogP contribution in [0.5, 0.6) is 11.8 Å². The fourth-order valence-corrected chi connectivity index (χ4v) is 2.98. The molecule has 2 heterocycles. The minimum atomic E-state index is 0.334. The number of hydrogen-bond acceptors (Lipinski definition) is 6. The third kappa shape index (κ3) is 4.07. The van der Waals surface area contributed by atoms with Gasteiger partial charge in [-0.2, -0.15) is 4.68 Å². The van der Waals surface area contributed by atoms with Crippen LogP contribution in [0.3, 0.4) is 0 Å². The van der Waals surface area contributed by atoms with Gasteiger partial charge in [0, 0.05) is 19.7 Å². The molecule has 0 radical (unpaired) electrons. The molecule has 0 unspecified atom stereocenters. The van der Waals surface area contributed by atoms with E-state index in [1.165, 1.54) is 0 Å². The minimum Gasteiger partial charge on any atom is -0.423 e. The highest BCUT2D eigenvalue weighted by Gasteiger charge is 2.14. The van der Waals surface area contributed by atoms with E-state index in [9.17, 15) is 0 Å². The highest BCUT2D eigenvalue weighted by atomic mass is 16.5. The van der Waals surface area contributed by atoms with E-state index < -0.39 is 0 Å². The molecule has 3 aromatic rings. The van der Waals surface area contributed by atoms with Crippen LogP contribution in [-0.2, 0) is 11.3 Å². The Kier molecular flexibility index (Phi) is 5.18. The lowest BCUT2D eigenvalue weighted by molar-refractivity contribution is 0.110. The second kappa shape index (κ2) is 8.07. The Morgan fingerprint density at radius 1 is 1.15 bits per heavy atom. The summed E-state index contributed by atoms with van der Waals surface area (Å²) in [7, 11) is 0. The van der Waals surface area contributed by atoms with Crippen molar-refractivity contribution in [2.24, 2.45) is 0 Å². The van der Waals surface area contributed by atoms with Gasteiger partial charge in [-0.25, -0.2) is 0 Å². The molecule has 0 spiro atoms. The van der Waals surface area contributed by atoms with E-state index in [0.717, 1.165) is 43.8 Å². The standard InChI is InChI=1S/C19H21N5O2/c1-2-7-16(8-3-1)24-19(21-22-23-24)26-17-9-4-6-15(12-17)13-20-14-18-10-5-11-25-18/h1-4,6-9,12,18,20H,5,10-11,13-14H2/t18-/m1/s1. The first kappa shape index (κ1) is 16.7. The van der Waals surface area contributed by atoms with Crippen molar-refractivity contribution in [1.82, 2.24) is 25.5 Å². The van der Waals surface area contributed by atoms with Gasteiger partial charge in [0.15, 0.2) is 0 Å². The maximum absolute atomic E-state index is 5.90. The largest absolute Gasteiger partial charge is 0.423 e. The average Bonchev–Trinajstić information content (AvgIpc) is 3.35. The first-order valence-electron chi connectivity index (χ1n) is 8.81. The Balaban J connectivity index is 1.40. The van der Waals surface area contributed by atoms with Crippen LogP contribution in [0.15, 0.2) is 54.6 Å². The molecule has 1 N–H and O–H groups in total. The number of benzene rings is 2. The molecular weight excluding hydrogens is 330 g/mol. The molecule has 26 heavy (non-hydrogen) atoms. The zero-order valence-corrected chi connectivity index (χ0v) is 14.4. The second-order valence-corrected chi connectivity index (χ2v) is 6.22. The second-order valence-electron chi connectivity index (χ2n) is 6.22. The molecule has 134 valence electrons. The van der Waals surface area contributed by atoms with Crippen LogP contribution in [-0.4, -0.2) is 39.5 Å². The smallest absolute Gasteiger partial charge is 0.345 e. The predicted octanol–water partition coefficient (Wildman–Crippen LogP) is 2.72. The Morgan fingerprint density at radius 3 is 2.92 bits per heavy atom. The molecule has 1 aliphatic rings. The molecule has 1 atom stereocenters. The molecule has 0 saturated carbocycles. The van der Waals surface area contributed by atoms with Crippen molar-refractivity contribution < 1.29 is 9.47 Å². The zero-order chi connectivity index (χ0) is 17.6. The van der Waals surface area contributed by atoms with Gasteiger partial charge >= 0.3 is 6.01 Å². The molecule has 0 aliphatic carbocycles. The van der Waals surface area contributed by atoms with Gasteiger partial charge in [-0.3, -0.25) is 0 Å². The Hall–Kier alpha value is -2.77. The predicted molar refractivity (Wildman–Crippen MR) is 96.4 cm³/mol. The van der Waals surface area contributed by atoms with Crippen molar-refractivity contribution in [3.63, 3.8) is 0 Å². The number of hydrogen-bond donors (Lipinski definition) is 1. The number of nitrogens with zero attached hydrogens (tertiary/aromatic N) is 4. The summed E-state index contributed by atoms with van der Waals surface area (Å²) in [4.78, 5) is 0. The van der Waals surface area contributed by atoms with Crippen molar-refractivity contribution in [2.45, 2.75) is 25.5 Å². The number of para-hydroxylation sites is 1. The lowest BCUT2D eigenvalue weighted by Gasteiger charge is -2.11. The van der Waals surface area contributed by atoms with E-state index in [-0.39, 0.29) is 0 Å². The van der Waals surface area contributed by atoms with E-state index in [1.807, 2.05) is 48.5 Å². The summed E-state index contributed by atoms with van der Waals surface area (Å²) in [6, 6.07) is 17.9. The van der Waals surface area contributed by atoms with Gasteiger partial charge in [-0.15, -0.1) is 0 Å². The molecular formula is C19H21N5O2. The summed E-state index contributed by atoms with van der Waals surface area (Å²) in [6.07, 6.45) is 2.63. The Bertz CT molecular complexity index is 831. The van der Waals surface area contributed by atoms with Gasteiger partial charge in [-0.1, -0.05) is 35.4 Å². The number of aromatic nitrogens is 4. The van der Waals surface area contributed by atoms with E-state index in [2.05, 4.69) is 26.9 Å². The van der Waals surface area contributed by atoms with E-state index in [0.29, 0.717) is 17.9 Å². The van der Waals surface area contributed by atoms with Crippen LogP contribution in [0.25, 0.3) is 5.69 Å². The number of rotatable bonds is 7. The van der Waals surface area contributed by atoms with Crippen molar-refractivity contribution in [1.29, 1.82) is 0 Å². The average molecular weight is 351 g/mol. The lowest BCUT2D eigenvalue weighted by atomic mass is 10.2. The maximum Gasteiger partial charge on any atom is 0.345 e. The Morgan fingerprint density at radius 2 is 2.08 bits per heavy atom. The van der Waals surface area contributed by atoms with Gasteiger partial charge in [0.25, 0.3) is 0 Å². The van der Waals surface area contributed by atoms with Crippen molar-refractivity contribution in [3.8, 4) is 17.4 Å². The normalized spacial score (nSPS) is 16.7. The highest BCUT2D eigenvalue weighted by molar-refractivity contribution is 5.34. The highest BCUT2D eigenvalue weighted by Crippen LogP contribution is 2.22. The summed E-state index contributed by atoms with van der Waals surface area (Å²) in [5, 5.41) is 15.1. The molecule has 1 aliphatic heterocycles. The third-order valence-electron chi connectivity index (χ3n) is 4.27. The molecule has 7 nitrogen and oxygen atoms in total. The summed E-state index contributed by atoms with van der Waals surface area (Å²) >= 11 is 0. The lowest BCUT2D eigenvalue weighted by Crippen LogP contribution is -2.25. The SMILES string of the molecule is c1ccc(-n2nnnc2Oc2cccc(CNC[C@H]3CCCO3)c2)cc1. The molecule has 1 saturated heterocycles. The van der Waals surface area contributed by atoms with Gasteiger partial charge < -0.3 is 14.8 Å². The quantitative estimate of drug-likeness (QED) is 0.705. The van der Waals surface area contributed by atoms with Crippen molar-refractivity contribution in [2.75, 3.05) is 13.2 Å². The van der Waals surface area contributed by atoms with Crippen molar-refractivity contribution >= 4 is 0 Å². The molecule has 7 heteroatoms. The summed E-state index contributed by atoms with van der Waals surface area (Å²) in [6.45, 7) is 2.52. The van der Waals surface area contributed by atoms with Crippen LogP contribution in [0.1, 0.15) is 18.4 Å². The molecule has 2 aromatic carbocycles. The fraction of sp³-hybridized carbons (Fsp3) is 0.316. The first-order chi connectivity index (χ1) is 12.9. The van der Waals surface area contributed by atoms with E-state index in [4.69, 9.17) is 9.47 Å². The van der Waals surface area contributed by atoms with Crippen LogP contribution < -0.4 is 10.1 Å². The van der Waals surface area contributed by atoms with Crippen LogP contribution in [0.2, 0.25) is 0 Å². The molecule has 0 amide bonds. The van der Waals surface area contributed by atoms with Gasteiger partial charge in [0.1, 0.15) is 5.75 Å². The van der Waals surface area contributed by atoms with E-state index >= 15 is 0 Å². The van der Waals surface area contributed by atoms with Gasteiger partial charge in [-0.05, 0) is 53.1 Å². The van der Waals surface area contributed by atoms with Crippen LogP contribution in [0.4, 0.5) is 0 Å². The first-order valence-corrected chi connectivity index (χ1v) is 8.81. The molecule has 1 fully saturated rings. The number of nitrogens with one attached hydrogen (secondary N) is 1. The molecule has 4 rings (SSSR count). The fourth-order valence-electron chi connectivity index (χ4n) is 2.98. The Labute approximate surface area is 151 Å². The summed E-state index contributed by atoms with van der Waals surface area (Å²) in [5.41, 5.74) is 1.99. The van der Waals surface area contributed by atoms with E-state index in [1.54, 1.807) is 4.68 Å². The molecule has 0 bridgehead atoms. The topological polar surface area (TPSA) is 74.1 Å². The van der Waals surface area contributed by atoms with Crippen LogP contribution >= 0.6 is 0 Å². The van der Waals surface area contributed by atoms with Gasteiger partial charge in [0.05, 0.1) is 11.8 Å². The summed E-state index contributed by atoms with van der Waals surface area (Å²) in [5.74, 6) is 0.702. The minimum absolute atomic E-state index is 0.334. The zero-order valence-electron chi connectivity index (χ0n) is 14.4. The molecule has 1 aromatic heterocycles. The maximum atomic E-state index is 5.90. The number of ether oxygens (including phenoxy) is 2. The van der Waals surface area contributed by atoms with Gasteiger partial charge in [0.2, 0.25) is 0 Å². The van der Waals surface area contributed by atoms with Crippen LogP contribution in [0, 0.1) is 0 Å². The third-order valence-corrected chi connectivity index (χ3v) is 4.27. The monoisotopic (exact) mass is 351 g/mol. The number of tetrazole rings is 1.